The summed E-state index contributed by atoms with van der Waals surface area (Å²) in [5.74, 6) is 1.71. The van der Waals surface area contributed by atoms with Gasteiger partial charge in [0.1, 0.15) is 5.82 Å². The van der Waals surface area contributed by atoms with Crippen LogP contribution in [0.1, 0.15) is 40.9 Å². The molecule has 1 N–H and O–H groups in total. The van der Waals surface area contributed by atoms with Crippen LogP contribution in [-0.2, 0) is 30.8 Å². The Balaban J connectivity index is 1.63. The Kier molecular flexibility index (Phi) is 4.59. The number of nitrogens with zero attached hydrogens (tertiary/aromatic N) is 4. The van der Waals surface area contributed by atoms with Crippen molar-refractivity contribution >= 4 is 11.8 Å². The van der Waals surface area contributed by atoms with E-state index < -0.39 is 0 Å². The van der Waals surface area contributed by atoms with E-state index in [0.29, 0.717) is 18.7 Å². The largest absolute Gasteiger partial charge is 0.352 e. The van der Waals surface area contributed by atoms with E-state index in [1.807, 2.05) is 12.1 Å². The molecule has 24 heavy (non-hydrogen) atoms. The molecule has 1 aliphatic rings. The minimum atomic E-state index is -0.0734. The van der Waals surface area contributed by atoms with Gasteiger partial charge in [0, 0.05) is 39.0 Å². The van der Waals surface area contributed by atoms with Gasteiger partial charge in [-0.05, 0) is 24.1 Å². The van der Waals surface area contributed by atoms with Crippen molar-refractivity contribution in [3.8, 4) is 0 Å². The molecule has 126 valence electrons. The summed E-state index contributed by atoms with van der Waals surface area (Å²) in [5.41, 5.74) is 1.57. The number of aromatic nitrogens is 3. The molecule has 2 aromatic rings. The molecule has 7 nitrogen and oxygen atoms in total. The first-order valence-corrected chi connectivity index (χ1v) is 8.04. The Hall–Kier alpha value is -2.70. The van der Waals surface area contributed by atoms with Crippen LogP contribution in [0.3, 0.4) is 0 Å². The fourth-order valence-electron chi connectivity index (χ4n) is 2.82. The van der Waals surface area contributed by atoms with Crippen LogP contribution in [0.2, 0.25) is 0 Å². The molecule has 2 amide bonds. The number of nitrogens with one attached hydrogen (secondary N) is 1. The lowest BCUT2D eigenvalue weighted by Gasteiger charge is -2.17. The van der Waals surface area contributed by atoms with Gasteiger partial charge in [0.15, 0.2) is 5.82 Å². The van der Waals surface area contributed by atoms with Crippen molar-refractivity contribution in [3.05, 3.63) is 47.0 Å². The topological polar surface area (TPSA) is 80.1 Å². The van der Waals surface area contributed by atoms with Gasteiger partial charge in [0.05, 0.1) is 6.54 Å². The second-order valence-corrected chi connectivity index (χ2v) is 6.06. The molecule has 7 heteroatoms. The van der Waals surface area contributed by atoms with Crippen molar-refractivity contribution < 1.29 is 9.59 Å². The van der Waals surface area contributed by atoms with Gasteiger partial charge in [0.2, 0.25) is 5.91 Å². The van der Waals surface area contributed by atoms with Gasteiger partial charge < -0.3 is 14.8 Å². The van der Waals surface area contributed by atoms with E-state index in [-0.39, 0.29) is 11.8 Å². The molecule has 1 aliphatic heterocycles. The summed E-state index contributed by atoms with van der Waals surface area (Å²) in [5, 5.41) is 11.1. The van der Waals surface area contributed by atoms with E-state index in [9.17, 15) is 9.59 Å². The molecular weight excluding hydrogens is 306 g/mol. The average molecular weight is 327 g/mol. The summed E-state index contributed by atoms with van der Waals surface area (Å²) in [6.07, 6.45) is 2.05. The van der Waals surface area contributed by atoms with Gasteiger partial charge in [-0.3, -0.25) is 9.59 Å². The van der Waals surface area contributed by atoms with Crippen LogP contribution in [0.4, 0.5) is 0 Å². The Labute approximate surface area is 140 Å². The number of carbonyl (C=O) groups is 2. The smallest absolute Gasteiger partial charge is 0.254 e. The van der Waals surface area contributed by atoms with Crippen molar-refractivity contribution in [2.24, 2.45) is 0 Å². The summed E-state index contributed by atoms with van der Waals surface area (Å²) in [6, 6.07) is 7.27. The summed E-state index contributed by atoms with van der Waals surface area (Å²) < 4.78 is 2.10. The van der Waals surface area contributed by atoms with Gasteiger partial charge in [-0.2, -0.15) is 0 Å². The Morgan fingerprint density at radius 3 is 2.71 bits per heavy atom. The van der Waals surface area contributed by atoms with Gasteiger partial charge in [-0.1, -0.05) is 12.1 Å². The summed E-state index contributed by atoms with van der Waals surface area (Å²) in [6.45, 7) is 3.32. The third-order valence-corrected chi connectivity index (χ3v) is 4.15. The lowest BCUT2D eigenvalue weighted by atomic mass is 10.1. The van der Waals surface area contributed by atoms with Gasteiger partial charge in [-0.15, -0.1) is 10.2 Å². The predicted octanol–water partition coefficient (Wildman–Crippen LogP) is 1.13. The molecule has 0 radical (unpaired) electrons. The lowest BCUT2D eigenvalue weighted by molar-refractivity contribution is -0.119. The number of aryl methyl sites for hydroxylation is 1. The van der Waals surface area contributed by atoms with Gasteiger partial charge in [0.25, 0.3) is 5.91 Å². The molecule has 0 atom stereocenters. The molecule has 0 unspecified atom stereocenters. The lowest BCUT2D eigenvalue weighted by Crippen LogP contribution is -2.27. The summed E-state index contributed by atoms with van der Waals surface area (Å²) in [4.78, 5) is 25.1. The highest BCUT2D eigenvalue weighted by Gasteiger charge is 2.20. The van der Waals surface area contributed by atoms with E-state index in [1.165, 1.54) is 6.92 Å². The molecule has 1 aromatic carbocycles. The molecule has 0 aliphatic carbocycles. The number of rotatable bonds is 5. The monoisotopic (exact) mass is 327 g/mol. The maximum atomic E-state index is 12.5. The molecular formula is C17H21N5O2. The zero-order chi connectivity index (χ0) is 17.1. The number of hydrogen-bond acceptors (Lipinski definition) is 4. The van der Waals surface area contributed by atoms with Crippen molar-refractivity contribution in [1.29, 1.82) is 0 Å². The van der Waals surface area contributed by atoms with Crippen molar-refractivity contribution in [2.45, 2.75) is 39.4 Å². The van der Waals surface area contributed by atoms with E-state index >= 15 is 0 Å². The van der Waals surface area contributed by atoms with Crippen LogP contribution >= 0.6 is 0 Å². The van der Waals surface area contributed by atoms with Crippen LogP contribution < -0.4 is 5.32 Å². The predicted molar refractivity (Wildman–Crippen MR) is 88.1 cm³/mol. The summed E-state index contributed by atoms with van der Waals surface area (Å²) in [7, 11) is 1.77. The van der Waals surface area contributed by atoms with Crippen LogP contribution in [0.5, 0.6) is 0 Å². The fourth-order valence-corrected chi connectivity index (χ4v) is 2.82. The minimum Gasteiger partial charge on any atom is -0.352 e. The quantitative estimate of drug-likeness (QED) is 0.893. The van der Waals surface area contributed by atoms with E-state index in [4.69, 9.17) is 0 Å². The molecule has 0 saturated carbocycles. The first-order valence-electron chi connectivity index (χ1n) is 8.04. The average Bonchev–Trinajstić information content (AvgIpc) is 3.17. The molecule has 0 spiro atoms. The Morgan fingerprint density at radius 2 is 2.00 bits per heavy atom. The van der Waals surface area contributed by atoms with Gasteiger partial charge in [-0.25, -0.2) is 0 Å². The van der Waals surface area contributed by atoms with Crippen molar-refractivity contribution in [3.63, 3.8) is 0 Å². The number of amides is 2. The minimum absolute atomic E-state index is 0.0589. The maximum absolute atomic E-state index is 12.5. The van der Waals surface area contributed by atoms with Crippen LogP contribution in [-0.4, -0.2) is 38.5 Å². The highest BCUT2D eigenvalue weighted by Crippen LogP contribution is 2.16. The van der Waals surface area contributed by atoms with E-state index in [1.54, 1.807) is 24.1 Å². The van der Waals surface area contributed by atoms with Crippen molar-refractivity contribution in [1.82, 2.24) is 25.0 Å². The number of hydrogen-bond donors (Lipinski definition) is 1. The normalized spacial score (nSPS) is 12.8. The molecule has 2 heterocycles. The van der Waals surface area contributed by atoms with Crippen LogP contribution in [0.25, 0.3) is 0 Å². The Morgan fingerprint density at radius 1 is 1.25 bits per heavy atom. The van der Waals surface area contributed by atoms with Crippen LogP contribution in [0.15, 0.2) is 24.3 Å². The van der Waals surface area contributed by atoms with Crippen LogP contribution in [0, 0.1) is 0 Å². The first-order chi connectivity index (χ1) is 11.5. The van der Waals surface area contributed by atoms with Crippen molar-refractivity contribution in [2.75, 3.05) is 7.05 Å². The first kappa shape index (κ1) is 16.2. The SMILES string of the molecule is CC(=O)NCc1ccc(C(=O)N(C)Cc2nnc3n2CCC3)cc1. The number of benzene rings is 1. The fraction of sp³-hybridized carbons (Fsp3) is 0.412. The van der Waals surface area contributed by atoms with Gasteiger partial charge >= 0.3 is 0 Å². The zero-order valence-electron chi connectivity index (χ0n) is 14.0. The molecule has 0 saturated heterocycles. The zero-order valence-corrected chi connectivity index (χ0v) is 14.0. The highest BCUT2D eigenvalue weighted by molar-refractivity contribution is 5.94. The summed E-state index contributed by atoms with van der Waals surface area (Å²) >= 11 is 0. The third kappa shape index (κ3) is 3.45. The van der Waals surface area contributed by atoms with E-state index in [0.717, 1.165) is 36.6 Å². The second kappa shape index (κ2) is 6.82. The highest BCUT2D eigenvalue weighted by atomic mass is 16.2. The maximum Gasteiger partial charge on any atom is 0.254 e. The van der Waals surface area contributed by atoms with E-state index in [2.05, 4.69) is 20.1 Å². The number of fused-ring (bicyclic) bond motifs is 1. The molecule has 3 rings (SSSR count). The Bertz CT molecular complexity index is 751. The number of carbonyl (C=O) groups excluding carboxylic acids is 2. The molecule has 0 fully saturated rings. The second-order valence-electron chi connectivity index (χ2n) is 6.06. The standard InChI is InChI=1S/C17H21N5O2/c1-12(23)18-10-13-5-7-14(8-6-13)17(24)21(2)11-16-20-19-15-4-3-9-22(15)16/h5-8H,3-4,9-11H2,1-2H3,(H,18,23). The molecule has 1 aromatic heterocycles. The third-order valence-electron chi connectivity index (χ3n) is 4.15. The molecule has 0 bridgehead atoms.